The SMILES string of the molecule is CCNC(=O)N[C@H]1CN2CCC(O)C2[C@@H](O)[C@@H]1O. The van der Waals surface area contributed by atoms with Gasteiger partial charge in [-0.2, -0.15) is 0 Å². The van der Waals surface area contributed by atoms with E-state index in [4.69, 9.17) is 0 Å². The molecule has 0 aromatic heterocycles. The van der Waals surface area contributed by atoms with Gasteiger partial charge in [-0.3, -0.25) is 4.90 Å². The molecule has 104 valence electrons. The summed E-state index contributed by atoms with van der Waals surface area (Å²) in [5.74, 6) is 0. The number of urea groups is 1. The van der Waals surface area contributed by atoms with Crippen LogP contribution in [0.15, 0.2) is 0 Å². The lowest BCUT2D eigenvalue weighted by Crippen LogP contribution is -2.66. The van der Waals surface area contributed by atoms with Crippen LogP contribution in [0.5, 0.6) is 0 Å². The fraction of sp³-hybridized carbons (Fsp3) is 0.909. The van der Waals surface area contributed by atoms with E-state index in [0.717, 1.165) is 0 Å². The molecule has 2 rings (SSSR count). The van der Waals surface area contributed by atoms with Crippen molar-refractivity contribution < 1.29 is 20.1 Å². The number of hydrogen-bond donors (Lipinski definition) is 5. The van der Waals surface area contributed by atoms with E-state index >= 15 is 0 Å². The Bertz CT molecular complexity index is 315. The highest BCUT2D eigenvalue weighted by Gasteiger charge is 2.48. The molecule has 0 aliphatic carbocycles. The Morgan fingerprint density at radius 3 is 2.72 bits per heavy atom. The standard InChI is InChI=1S/C11H21N3O4/c1-2-12-11(18)13-6-5-14-4-3-7(15)8(14)10(17)9(6)16/h6-10,15-17H,2-5H2,1H3,(H2,12,13,18)/t6-,7?,8?,9+,10+/m0/s1. The van der Waals surface area contributed by atoms with E-state index in [0.29, 0.717) is 26.1 Å². The maximum Gasteiger partial charge on any atom is 0.315 e. The van der Waals surface area contributed by atoms with Gasteiger partial charge in [-0.15, -0.1) is 0 Å². The summed E-state index contributed by atoms with van der Waals surface area (Å²) in [6.45, 7) is 3.42. The van der Waals surface area contributed by atoms with Crippen molar-refractivity contribution in [3.8, 4) is 0 Å². The van der Waals surface area contributed by atoms with Gasteiger partial charge in [0, 0.05) is 19.6 Å². The van der Waals surface area contributed by atoms with Crippen LogP contribution in [-0.2, 0) is 0 Å². The van der Waals surface area contributed by atoms with Gasteiger partial charge >= 0.3 is 6.03 Å². The molecule has 7 nitrogen and oxygen atoms in total. The van der Waals surface area contributed by atoms with Gasteiger partial charge in [-0.05, 0) is 13.3 Å². The Morgan fingerprint density at radius 2 is 2.06 bits per heavy atom. The molecule has 7 heteroatoms. The van der Waals surface area contributed by atoms with Gasteiger partial charge in [-0.25, -0.2) is 4.79 Å². The molecule has 2 fully saturated rings. The van der Waals surface area contributed by atoms with Crippen molar-refractivity contribution in [2.45, 2.75) is 43.7 Å². The van der Waals surface area contributed by atoms with Gasteiger partial charge in [-0.1, -0.05) is 0 Å². The van der Waals surface area contributed by atoms with Crippen molar-refractivity contribution in [3.05, 3.63) is 0 Å². The first-order valence-electron chi connectivity index (χ1n) is 6.37. The molecular formula is C11H21N3O4. The summed E-state index contributed by atoms with van der Waals surface area (Å²) in [7, 11) is 0. The lowest BCUT2D eigenvalue weighted by atomic mass is 9.91. The van der Waals surface area contributed by atoms with Crippen LogP contribution >= 0.6 is 0 Å². The van der Waals surface area contributed by atoms with E-state index in [9.17, 15) is 20.1 Å². The number of carbonyl (C=O) groups is 1. The number of hydrogen-bond acceptors (Lipinski definition) is 5. The Hall–Kier alpha value is -0.890. The van der Waals surface area contributed by atoms with E-state index in [1.165, 1.54) is 0 Å². The molecule has 5 atom stereocenters. The van der Waals surface area contributed by atoms with Crippen LogP contribution in [0.3, 0.4) is 0 Å². The average molecular weight is 259 g/mol. The maximum atomic E-state index is 11.4. The summed E-state index contributed by atoms with van der Waals surface area (Å²) >= 11 is 0. The number of fused-ring (bicyclic) bond motifs is 1. The topological polar surface area (TPSA) is 105 Å². The zero-order valence-electron chi connectivity index (χ0n) is 10.4. The van der Waals surface area contributed by atoms with Crippen molar-refractivity contribution >= 4 is 6.03 Å². The quantitative estimate of drug-likeness (QED) is 0.389. The minimum atomic E-state index is -1.05. The summed E-state index contributed by atoms with van der Waals surface area (Å²) in [6.07, 6.45) is -2.12. The molecule has 0 saturated carbocycles. The third-order valence-corrected chi connectivity index (χ3v) is 3.73. The molecule has 18 heavy (non-hydrogen) atoms. The molecule has 0 spiro atoms. The Morgan fingerprint density at radius 1 is 1.33 bits per heavy atom. The summed E-state index contributed by atoms with van der Waals surface area (Å²) < 4.78 is 0. The minimum absolute atomic E-state index is 0.355. The number of piperidine rings is 1. The number of rotatable bonds is 2. The molecule has 0 aromatic rings. The first kappa shape index (κ1) is 13.5. The zero-order valence-corrected chi connectivity index (χ0v) is 10.4. The number of amides is 2. The first-order chi connectivity index (χ1) is 8.54. The van der Waals surface area contributed by atoms with Crippen LogP contribution < -0.4 is 10.6 Å². The van der Waals surface area contributed by atoms with Gasteiger partial charge in [0.05, 0.1) is 24.3 Å². The lowest BCUT2D eigenvalue weighted by molar-refractivity contribution is -0.0992. The molecule has 2 heterocycles. The van der Waals surface area contributed by atoms with E-state index in [1.807, 2.05) is 4.90 Å². The summed E-state index contributed by atoms with van der Waals surface area (Å²) in [5.41, 5.74) is 0. The number of nitrogens with zero attached hydrogens (tertiary/aromatic N) is 1. The van der Waals surface area contributed by atoms with Crippen molar-refractivity contribution in [3.63, 3.8) is 0 Å². The van der Waals surface area contributed by atoms with Crippen molar-refractivity contribution in [2.24, 2.45) is 0 Å². The highest BCUT2D eigenvalue weighted by atomic mass is 16.3. The average Bonchev–Trinajstić information content (AvgIpc) is 2.67. The Kier molecular flexibility index (Phi) is 4.06. The molecular weight excluding hydrogens is 238 g/mol. The largest absolute Gasteiger partial charge is 0.391 e. The predicted molar refractivity (Wildman–Crippen MR) is 64.0 cm³/mol. The number of aliphatic hydroxyl groups is 3. The summed E-state index contributed by atoms with van der Waals surface area (Å²) in [5, 5.41) is 35.0. The lowest BCUT2D eigenvalue weighted by Gasteiger charge is -2.43. The van der Waals surface area contributed by atoms with Crippen LogP contribution in [0.2, 0.25) is 0 Å². The maximum absolute atomic E-state index is 11.4. The predicted octanol–water partition coefficient (Wildman–Crippen LogP) is -2.16. The van der Waals surface area contributed by atoms with Crippen LogP contribution in [0.1, 0.15) is 13.3 Å². The smallest absolute Gasteiger partial charge is 0.315 e. The number of nitrogens with one attached hydrogen (secondary N) is 2. The van der Waals surface area contributed by atoms with Gasteiger partial charge in [0.15, 0.2) is 0 Å². The van der Waals surface area contributed by atoms with Gasteiger partial charge < -0.3 is 26.0 Å². The third kappa shape index (κ3) is 2.44. The number of aliphatic hydroxyl groups excluding tert-OH is 3. The first-order valence-corrected chi connectivity index (χ1v) is 6.37. The highest BCUT2D eigenvalue weighted by molar-refractivity contribution is 5.74. The van der Waals surface area contributed by atoms with Crippen molar-refractivity contribution in [1.82, 2.24) is 15.5 Å². The van der Waals surface area contributed by atoms with Crippen molar-refractivity contribution in [2.75, 3.05) is 19.6 Å². The van der Waals surface area contributed by atoms with Crippen LogP contribution in [0.4, 0.5) is 4.79 Å². The second kappa shape index (κ2) is 5.40. The van der Waals surface area contributed by atoms with Crippen molar-refractivity contribution in [1.29, 1.82) is 0 Å². The van der Waals surface area contributed by atoms with E-state index in [-0.39, 0.29) is 6.03 Å². The van der Waals surface area contributed by atoms with Crippen LogP contribution in [0.25, 0.3) is 0 Å². The molecule has 2 aliphatic heterocycles. The van der Waals surface area contributed by atoms with E-state index in [1.54, 1.807) is 6.92 Å². The third-order valence-electron chi connectivity index (χ3n) is 3.73. The number of carbonyl (C=O) groups excluding carboxylic acids is 1. The monoisotopic (exact) mass is 259 g/mol. The van der Waals surface area contributed by atoms with E-state index < -0.39 is 30.4 Å². The van der Waals surface area contributed by atoms with Crippen LogP contribution in [-0.4, -0.2) is 76.3 Å². The fourth-order valence-electron chi connectivity index (χ4n) is 2.83. The fourth-order valence-corrected chi connectivity index (χ4v) is 2.83. The molecule has 2 aliphatic rings. The summed E-state index contributed by atoms with van der Waals surface area (Å²) in [4.78, 5) is 13.4. The Balaban J connectivity index is 2.00. The molecule has 0 aromatic carbocycles. The Labute approximate surface area is 106 Å². The molecule has 2 unspecified atom stereocenters. The van der Waals surface area contributed by atoms with E-state index in [2.05, 4.69) is 10.6 Å². The molecule has 2 amide bonds. The normalized spacial score (nSPS) is 40.3. The zero-order chi connectivity index (χ0) is 13.3. The van der Waals surface area contributed by atoms with Gasteiger partial charge in [0.2, 0.25) is 0 Å². The second-order valence-corrected chi connectivity index (χ2v) is 4.93. The molecule has 0 bridgehead atoms. The second-order valence-electron chi connectivity index (χ2n) is 4.93. The van der Waals surface area contributed by atoms with Gasteiger partial charge in [0.1, 0.15) is 6.10 Å². The minimum Gasteiger partial charge on any atom is -0.391 e. The van der Waals surface area contributed by atoms with Gasteiger partial charge in [0.25, 0.3) is 0 Å². The van der Waals surface area contributed by atoms with Crippen LogP contribution in [0, 0.1) is 0 Å². The highest BCUT2D eigenvalue weighted by Crippen LogP contribution is 2.28. The molecule has 0 radical (unpaired) electrons. The molecule has 5 N–H and O–H groups in total. The molecule has 2 saturated heterocycles. The summed E-state index contributed by atoms with van der Waals surface area (Å²) in [6, 6.07) is -1.30.